The van der Waals surface area contributed by atoms with Crippen molar-refractivity contribution in [1.82, 2.24) is 0 Å². The highest BCUT2D eigenvalue weighted by molar-refractivity contribution is 7.92. The molecule has 13 heteroatoms. The number of methoxy groups -OCH3 is 2. The van der Waals surface area contributed by atoms with Crippen LogP contribution in [0.3, 0.4) is 0 Å². The van der Waals surface area contributed by atoms with Crippen LogP contribution in [-0.4, -0.2) is 28.6 Å². The molecule has 220 valence electrons. The van der Waals surface area contributed by atoms with Gasteiger partial charge in [0, 0.05) is 6.07 Å². The normalized spacial score (nSPS) is 11.2. The lowest BCUT2D eigenvalue weighted by Gasteiger charge is -2.26. The number of hydrogen-bond acceptors (Lipinski definition) is 6. The average molecular weight is 608 g/mol. The number of ether oxygens (including phenoxy) is 3. The Morgan fingerprint density at radius 2 is 1.40 bits per heavy atom. The summed E-state index contributed by atoms with van der Waals surface area (Å²) < 4.78 is 117. The number of anilines is 1. The zero-order valence-corrected chi connectivity index (χ0v) is 22.9. The number of carbonyl (C=O) groups is 1. The third-order valence-electron chi connectivity index (χ3n) is 6.10. The van der Waals surface area contributed by atoms with Crippen molar-refractivity contribution < 1.29 is 49.4 Å². The molecule has 0 aliphatic heterocycles. The van der Waals surface area contributed by atoms with Crippen LogP contribution in [0, 0.1) is 29.1 Å². The minimum absolute atomic E-state index is 0.243. The van der Waals surface area contributed by atoms with Gasteiger partial charge in [-0.3, -0.25) is 4.31 Å². The number of halogens is 5. The fourth-order valence-corrected chi connectivity index (χ4v) is 5.64. The van der Waals surface area contributed by atoms with Crippen LogP contribution < -0.4 is 13.8 Å². The van der Waals surface area contributed by atoms with E-state index < -0.39 is 74.4 Å². The molecule has 0 fully saturated rings. The standard InChI is InChI=1S/C29H22F5NO6S/c1-39-20-11-8-17(9-12-20)15-35(19-10-13-22(40-2)21(30)14-19)42(37,38)28-23(24(31)25(32)26(33)27(28)34)29(36)41-16-18-6-4-3-5-7-18/h3-14H,15-16H2,1-2H3. The molecule has 0 N–H and O–H groups in total. The fraction of sp³-hybridized carbons (Fsp3) is 0.138. The maximum atomic E-state index is 15.3. The van der Waals surface area contributed by atoms with Crippen molar-refractivity contribution >= 4 is 21.7 Å². The summed E-state index contributed by atoms with van der Waals surface area (Å²) in [6, 6.07) is 16.5. The molecule has 0 aliphatic rings. The number of benzene rings is 4. The Morgan fingerprint density at radius 1 is 0.762 bits per heavy atom. The van der Waals surface area contributed by atoms with Crippen molar-refractivity contribution in [3.8, 4) is 11.5 Å². The van der Waals surface area contributed by atoms with Crippen LogP contribution in [0.5, 0.6) is 11.5 Å². The van der Waals surface area contributed by atoms with E-state index in [4.69, 9.17) is 14.2 Å². The number of rotatable bonds is 10. The summed E-state index contributed by atoms with van der Waals surface area (Å²) in [5, 5.41) is 0. The van der Waals surface area contributed by atoms with E-state index in [-0.39, 0.29) is 11.3 Å². The topological polar surface area (TPSA) is 82.1 Å². The highest BCUT2D eigenvalue weighted by Gasteiger charge is 2.40. The lowest BCUT2D eigenvalue weighted by molar-refractivity contribution is 0.0459. The third kappa shape index (κ3) is 6.00. The van der Waals surface area contributed by atoms with Gasteiger partial charge in [0.05, 0.1) is 26.5 Å². The van der Waals surface area contributed by atoms with Gasteiger partial charge in [-0.05, 0) is 35.4 Å². The summed E-state index contributed by atoms with van der Waals surface area (Å²) in [5.74, 6) is -12.2. The van der Waals surface area contributed by atoms with Crippen LogP contribution in [-0.2, 0) is 27.9 Å². The Kier molecular flexibility index (Phi) is 9.00. The zero-order chi connectivity index (χ0) is 30.6. The van der Waals surface area contributed by atoms with E-state index in [2.05, 4.69) is 0 Å². The minimum atomic E-state index is -5.48. The van der Waals surface area contributed by atoms with E-state index in [1.54, 1.807) is 18.2 Å². The van der Waals surface area contributed by atoms with Crippen LogP contribution in [0.1, 0.15) is 21.5 Å². The first kappa shape index (κ1) is 30.3. The van der Waals surface area contributed by atoms with Crippen molar-refractivity contribution in [3.63, 3.8) is 0 Å². The van der Waals surface area contributed by atoms with E-state index in [0.717, 1.165) is 25.3 Å². The molecule has 42 heavy (non-hydrogen) atoms. The first-order chi connectivity index (χ1) is 20.0. The van der Waals surface area contributed by atoms with Gasteiger partial charge >= 0.3 is 5.97 Å². The van der Waals surface area contributed by atoms with Crippen LogP contribution in [0.15, 0.2) is 77.7 Å². The van der Waals surface area contributed by atoms with Gasteiger partial charge in [0.25, 0.3) is 10.0 Å². The van der Waals surface area contributed by atoms with Gasteiger partial charge in [-0.25, -0.2) is 35.2 Å². The second kappa shape index (κ2) is 12.5. The Balaban J connectivity index is 1.89. The van der Waals surface area contributed by atoms with Crippen molar-refractivity contribution in [3.05, 3.63) is 119 Å². The van der Waals surface area contributed by atoms with Crippen LogP contribution in [0.25, 0.3) is 0 Å². The van der Waals surface area contributed by atoms with Crippen LogP contribution >= 0.6 is 0 Å². The largest absolute Gasteiger partial charge is 0.497 e. The smallest absolute Gasteiger partial charge is 0.343 e. The van der Waals surface area contributed by atoms with Crippen molar-refractivity contribution in [1.29, 1.82) is 0 Å². The summed E-state index contributed by atoms with van der Waals surface area (Å²) in [6.07, 6.45) is 0. The fourth-order valence-electron chi connectivity index (χ4n) is 3.96. The van der Waals surface area contributed by atoms with Gasteiger partial charge < -0.3 is 14.2 Å². The Hall–Kier alpha value is -4.65. The van der Waals surface area contributed by atoms with Crippen molar-refractivity contribution in [2.24, 2.45) is 0 Å². The quantitative estimate of drug-likeness (QED) is 0.0931. The molecule has 4 aromatic rings. The molecular formula is C29H22F5NO6S. The summed E-state index contributed by atoms with van der Waals surface area (Å²) in [6.45, 7) is -1.17. The maximum absolute atomic E-state index is 15.3. The molecule has 0 radical (unpaired) electrons. The molecular weight excluding hydrogens is 585 g/mol. The molecule has 0 heterocycles. The van der Waals surface area contributed by atoms with E-state index in [9.17, 15) is 26.4 Å². The molecule has 0 atom stereocenters. The predicted octanol–water partition coefficient (Wildman–Crippen LogP) is 6.15. The Morgan fingerprint density at radius 3 is 2.00 bits per heavy atom. The van der Waals surface area contributed by atoms with E-state index in [1.165, 1.54) is 43.5 Å². The van der Waals surface area contributed by atoms with Crippen molar-refractivity contribution in [2.45, 2.75) is 18.0 Å². The van der Waals surface area contributed by atoms with Gasteiger partial charge in [-0.15, -0.1) is 0 Å². The molecule has 4 aromatic carbocycles. The third-order valence-corrected chi connectivity index (χ3v) is 7.92. The van der Waals surface area contributed by atoms with Gasteiger partial charge in [0.2, 0.25) is 0 Å². The van der Waals surface area contributed by atoms with Gasteiger partial charge in [-0.1, -0.05) is 42.5 Å². The van der Waals surface area contributed by atoms with Crippen molar-refractivity contribution in [2.75, 3.05) is 18.5 Å². The highest BCUT2D eigenvalue weighted by atomic mass is 32.2. The Bertz CT molecular complexity index is 1720. The van der Waals surface area contributed by atoms with Gasteiger partial charge in [-0.2, -0.15) is 0 Å². The maximum Gasteiger partial charge on any atom is 0.343 e. The molecule has 0 bridgehead atoms. The second-order valence-electron chi connectivity index (χ2n) is 8.70. The lowest BCUT2D eigenvalue weighted by atomic mass is 10.2. The molecule has 0 saturated heterocycles. The SMILES string of the molecule is COc1ccc(CN(c2ccc(OC)c(F)c2)S(=O)(=O)c2c(F)c(F)c(F)c(F)c2C(=O)OCc2ccccc2)cc1. The zero-order valence-electron chi connectivity index (χ0n) is 22.0. The molecule has 7 nitrogen and oxygen atoms in total. The van der Waals surface area contributed by atoms with Gasteiger partial charge in [0.15, 0.2) is 34.8 Å². The summed E-state index contributed by atoms with van der Waals surface area (Å²) in [5.41, 5.74) is -1.51. The van der Waals surface area contributed by atoms with Crippen LogP contribution in [0.4, 0.5) is 27.6 Å². The second-order valence-corrected chi connectivity index (χ2v) is 10.5. The predicted molar refractivity (Wildman–Crippen MR) is 141 cm³/mol. The monoisotopic (exact) mass is 607 g/mol. The average Bonchev–Trinajstić information content (AvgIpc) is 2.99. The van der Waals surface area contributed by atoms with Gasteiger partial charge in [0.1, 0.15) is 22.8 Å². The number of hydrogen-bond donors (Lipinski definition) is 0. The summed E-state index contributed by atoms with van der Waals surface area (Å²) in [7, 11) is -2.93. The number of sulfonamides is 1. The van der Waals surface area contributed by atoms with E-state index in [0.29, 0.717) is 15.6 Å². The van der Waals surface area contributed by atoms with Crippen LogP contribution in [0.2, 0.25) is 0 Å². The molecule has 0 amide bonds. The number of carbonyl (C=O) groups excluding carboxylic acids is 1. The Labute approximate surface area is 237 Å². The molecule has 0 aromatic heterocycles. The number of esters is 1. The van der Waals surface area contributed by atoms with E-state index in [1.807, 2.05) is 0 Å². The molecule has 0 aliphatic carbocycles. The summed E-state index contributed by atoms with van der Waals surface area (Å²) in [4.78, 5) is 11.1. The molecule has 0 unspecified atom stereocenters. The molecule has 4 rings (SSSR count). The molecule has 0 spiro atoms. The first-order valence-corrected chi connectivity index (χ1v) is 13.5. The highest BCUT2D eigenvalue weighted by Crippen LogP contribution is 2.35. The molecule has 0 saturated carbocycles. The summed E-state index contributed by atoms with van der Waals surface area (Å²) >= 11 is 0. The van der Waals surface area contributed by atoms with E-state index >= 15 is 8.78 Å². The first-order valence-electron chi connectivity index (χ1n) is 12.1. The minimum Gasteiger partial charge on any atom is -0.497 e. The lowest BCUT2D eigenvalue weighted by Crippen LogP contribution is -2.34. The number of nitrogens with zero attached hydrogens (tertiary/aromatic N) is 1.